The molecule has 8 heteroatoms. The second-order valence-corrected chi connectivity index (χ2v) is 6.82. The summed E-state index contributed by atoms with van der Waals surface area (Å²) in [6.45, 7) is 4.56. The quantitative estimate of drug-likeness (QED) is 0.672. The first-order valence-electron chi connectivity index (χ1n) is 9.26. The predicted octanol–water partition coefficient (Wildman–Crippen LogP) is 3.18. The zero-order chi connectivity index (χ0) is 21.0. The number of nitrogens with zero attached hydrogens (tertiary/aromatic N) is 4. The first kappa shape index (κ1) is 20.1. The molecule has 0 bridgehead atoms. The molecule has 2 N–H and O–H groups in total. The monoisotopic (exact) mass is 392 g/mol. The summed E-state index contributed by atoms with van der Waals surface area (Å²) in [7, 11) is 3.77. The number of nitrogens with one attached hydrogen (secondary N) is 2. The number of carbonyl (C=O) groups excluding carboxylic acids is 2. The third kappa shape index (κ3) is 4.78. The Balaban J connectivity index is 1.74. The van der Waals surface area contributed by atoms with Gasteiger partial charge >= 0.3 is 0 Å². The minimum absolute atomic E-state index is 0.270. The lowest BCUT2D eigenvalue weighted by atomic mass is 10.1. The maximum atomic E-state index is 12.6. The number of anilines is 3. The van der Waals surface area contributed by atoms with E-state index in [2.05, 4.69) is 20.7 Å². The van der Waals surface area contributed by atoms with Crippen molar-refractivity contribution in [3.8, 4) is 0 Å². The highest BCUT2D eigenvalue weighted by atomic mass is 16.2. The van der Waals surface area contributed by atoms with Crippen LogP contribution in [-0.4, -0.2) is 40.7 Å². The van der Waals surface area contributed by atoms with Crippen LogP contribution in [0.3, 0.4) is 0 Å². The Morgan fingerprint density at radius 1 is 1.03 bits per heavy atom. The fourth-order valence-electron chi connectivity index (χ4n) is 2.68. The summed E-state index contributed by atoms with van der Waals surface area (Å²) in [5.41, 5.74) is 2.93. The molecule has 2 aromatic heterocycles. The summed E-state index contributed by atoms with van der Waals surface area (Å²) in [5.74, 6) is 0.212. The van der Waals surface area contributed by atoms with Gasteiger partial charge in [-0.2, -0.15) is 5.10 Å². The van der Waals surface area contributed by atoms with Crippen LogP contribution >= 0.6 is 0 Å². The molecule has 0 aliphatic rings. The van der Waals surface area contributed by atoms with Crippen LogP contribution in [0.1, 0.15) is 33.2 Å². The normalized spacial score (nSPS) is 10.5. The zero-order valence-electron chi connectivity index (χ0n) is 16.9. The maximum absolute atomic E-state index is 12.6. The van der Waals surface area contributed by atoms with Gasteiger partial charge in [0.1, 0.15) is 5.82 Å². The van der Waals surface area contributed by atoms with E-state index in [1.165, 1.54) is 6.20 Å². The molecular weight excluding hydrogens is 368 g/mol. The van der Waals surface area contributed by atoms with Crippen molar-refractivity contribution in [2.45, 2.75) is 20.4 Å². The van der Waals surface area contributed by atoms with E-state index >= 15 is 0 Å². The van der Waals surface area contributed by atoms with Gasteiger partial charge in [0, 0.05) is 44.3 Å². The van der Waals surface area contributed by atoms with E-state index in [1.54, 1.807) is 47.4 Å². The second-order valence-electron chi connectivity index (χ2n) is 6.82. The molecule has 150 valence electrons. The second kappa shape index (κ2) is 8.55. The number of aryl methyl sites for hydroxylation is 2. The Bertz CT molecular complexity index is 1020. The van der Waals surface area contributed by atoms with Crippen molar-refractivity contribution >= 4 is 29.0 Å². The average molecular weight is 392 g/mol. The van der Waals surface area contributed by atoms with Gasteiger partial charge in [-0.25, -0.2) is 4.98 Å². The van der Waals surface area contributed by atoms with Gasteiger partial charge in [-0.3, -0.25) is 14.3 Å². The smallest absolute Gasteiger partial charge is 0.257 e. The molecule has 0 saturated carbocycles. The first-order chi connectivity index (χ1) is 13.9. The van der Waals surface area contributed by atoms with Crippen molar-refractivity contribution in [1.29, 1.82) is 0 Å². The van der Waals surface area contributed by atoms with E-state index in [4.69, 9.17) is 0 Å². The van der Waals surface area contributed by atoms with Crippen molar-refractivity contribution in [2.24, 2.45) is 0 Å². The molecule has 0 radical (unpaired) electrons. The van der Waals surface area contributed by atoms with Crippen molar-refractivity contribution in [3.05, 3.63) is 65.6 Å². The maximum Gasteiger partial charge on any atom is 0.257 e. The number of benzene rings is 1. The first-order valence-corrected chi connectivity index (χ1v) is 9.26. The molecule has 3 aromatic rings. The Hall–Kier alpha value is -3.68. The van der Waals surface area contributed by atoms with Crippen LogP contribution in [0.5, 0.6) is 0 Å². The summed E-state index contributed by atoms with van der Waals surface area (Å²) < 4.78 is 1.73. The lowest BCUT2D eigenvalue weighted by Crippen LogP contribution is -2.16. The van der Waals surface area contributed by atoms with Gasteiger partial charge in [0.15, 0.2) is 0 Å². The van der Waals surface area contributed by atoms with Crippen LogP contribution in [0.25, 0.3) is 0 Å². The highest BCUT2D eigenvalue weighted by Crippen LogP contribution is 2.19. The van der Waals surface area contributed by atoms with Crippen molar-refractivity contribution in [1.82, 2.24) is 14.8 Å². The predicted molar refractivity (Wildman–Crippen MR) is 114 cm³/mol. The number of carbonyl (C=O) groups is 2. The van der Waals surface area contributed by atoms with Gasteiger partial charge in [0.05, 0.1) is 17.4 Å². The summed E-state index contributed by atoms with van der Waals surface area (Å²) >= 11 is 0. The Morgan fingerprint density at radius 3 is 2.38 bits per heavy atom. The molecule has 0 unspecified atom stereocenters. The molecule has 29 heavy (non-hydrogen) atoms. The molecule has 1 aromatic carbocycles. The van der Waals surface area contributed by atoms with Crippen LogP contribution in [0.4, 0.5) is 17.2 Å². The standard InChI is InChI=1S/C21H24N6O2/c1-5-27-13-17(12-23-27)24-20(28)15-7-6-14(2)18(10-15)25-21(29)16-8-9-19(22-11-16)26(3)4/h6-13H,5H2,1-4H3,(H,24,28)(H,25,29). The highest BCUT2D eigenvalue weighted by Gasteiger charge is 2.13. The summed E-state index contributed by atoms with van der Waals surface area (Å²) in [6, 6.07) is 8.68. The molecule has 0 spiro atoms. The SMILES string of the molecule is CCn1cc(NC(=O)c2ccc(C)c(NC(=O)c3ccc(N(C)C)nc3)c2)cn1. The number of aromatic nitrogens is 3. The van der Waals surface area contributed by atoms with Gasteiger partial charge in [-0.15, -0.1) is 0 Å². The van der Waals surface area contributed by atoms with Gasteiger partial charge in [0.25, 0.3) is 11.8 Å². The van der Waals surface area contributed by atoms with Gasteiger partial charge in [-0.1, -0.05) is 6.07 Å². The van der Waals surface area contributed by atoms with Crippen molar-refractivity contribution in [3.63, 3.8) is 0 Å². The molecule has 2 amide bonds. The van der Waals surface area contributed by atoms with E-state index in [1.807, 2.05) is 32.8 Å². The Kier molecular flexibility index (Phi) is 5.92. The largest absolute Gasteiger partial charge is 0.363 e. The van der Waals surface area contributed by atoms with Crippen LogP contribution in [0.2, 0.25) is 0 Å². The Morgan fingerprint density at radius 2 is 1.76 bits per heavy atom. The zero-order valence-corrected chi connectivity index (χ0v) is 16.9. The van der Waals surface area contributed by atoms with Gasteiger partial charge in [0.2, 0.25) is 0 Å². The molecule has 2 heterocycles. The molecule has 0 fully saturated rings. The number of hydrogen-bond donors (Lipinski definition) is 2. The van der Waals surface area contributed by atoms with Crippen LogP contribution in [0, 0.1) is 6.92 Å². The average Bonchev–Trinajstić information content (AvgIpc) is 3.17. The van der Waals surface area contributed by atoms with Crippen LogP contribution in [0.15, 0.2) is 48.9 Å². The molecule has 0 aliphatic carbocycles. The lowest BCUT2D eigenvalue weighted by molar-refractivity contribution is 0.101. The van der Waals surface area contributed by atoms with E-state index < -0.39 is 0 Å². The van der Waals surface area contributed by atoms with Crippen LogP contribution in [-0.2, 0) is 6.54 Å². The highest BCUT2D eigenvalue weighted by molar-refractivity contribution is 6.07. The lowest BCUT2D eigenvalue weighted by Gasteiger charge is -2.13. The van der Waals surface area contributed by atoms with E-state index in [9.17, 15) is 9.59 Å². The van der Waals surface area contributed by atoms with Crippen molar-refractivity contribution in [2.75, 3.05) is 29.6 Å². The Labute approximate surface area is 169 Å². The third-order valence-corrected chi connectivity index (χ3v) is 4.43. The molecule has 8 nitrogen and oxygen atoms in total. The van der Waals surface area contributed by atoms with Gasteiger partial charge in [-0.05, 0) is 43.7 Å². The molecule has 0 atom stereocenters. The minimum atomic E-state index is -0.285. The van der Waals surface area contributed by atoms with Crippen LogP contribution < -0.4 is 15.5 Å². The van der Waals surface area contributed by atoms with E-state index in [0.717, 1.165) is 17.9 Å². The van der Waals surface area contributed by atoms with E-state index in [-0.39, 0.29) is 11.8 Å². The summed E-state index contributed by atoms with van der Waals surface area (Å²) in [4.78, 5) is 31.3. The van der Waals surface area contributed by atoms with E-state index in [0.29, 0.717) is 22.5 Å². The molecule has 0 saturated heterocycles. The van der Waals surface area contributed by atoms with Gasteiger partial charge < -0.3 is 15.5 Å². The summed E-state index contributed by atoms with van der Waals surface area (Å²) in [5, 5.41) is 9.81. The number of amides is 2. The number of pyridine rings is 1. The molecule has 0 aliphatic heterocycles. The number of hydrogen-bond acceptors (Lipinski definition) is 5. The fourth-order valence-corrected chi connectivity index (χ4v) is 2.68. The third-order valence-electron chi connectivity index (χ3n) is 4.43. The number of rotatable bonds is 6. The molecular formula is C21H24N6O2. The summed E-state index contributed by atoms with van der Waals surface area (Å²) in [6.07, 6.45) is 4.89. The van der Waals surface area contributed by atoms with Crippen molar-refractivity contribution < 1.29 is 9.59 Å². The fraction of sp³-hybridized carbons (Fsp3) is 0.238. The molecule has 3 rings (SSSR count). The topological polar surface area (TPSA) is 92.2 Å². The minimum Gasteiger partial charge on any atom is -0.363 e.